The molecule has 2 amide bonds. The van der Waals surface area contributed by atoms with Crippen LogP contribution in [0.5, 0.6) is 0 Å². The van der Waals surface area contributed by atoms with Crippen LogP contribution in [0.2, 0.25) is 0 Å². The maximum absolute atomic E-state index is 12.7. The largest absolute Gasteiger partial charge is 0.449 e. The molecule has 2 aromatic rings. The molecule has 6 nitrogen and oxygen atoms in total. The zero-order valence-electron chi connectivity index (χ0n) is 15.0. The van der Waals surface area contributed by atoms with Crippen LogP contribution in [0, 0.1) is 5.92 Å². The second-order valence-corrected chi connectivity index (χ2v) is 7.57. The Morgan fingerprint density at radius 2 is 2.15 bits per heavy atom. The van der Waals surface area contributed by atoms with Gasteiger partial charge in [0.25, 0.3) is 0 Å². The van der Waals surface area contributed by atoms with Crippen molar-refractivity contribution in [1.29, 1.82) is 0 Å². The molecule has 0 unspecified atom stereocenters. The Balaban J connectivity index is 1.59. The summed E-state index contributed by atoms with van der Waals surface area (Å²) >= 11 is 1.29. The summed E-state index contributed by atoms with van der Waals surface area (Å²) in [6.07, 6.45) is 1.67. The van der Waals surface area contributed by atoms with Crippen LogP contribution in [0.1, 0.15) is 31.5 Å². The van der Waals surface area contributed by atoms with E-state index in [-0.39, 0.29) is 18.2 Å². The molecular formula is C19H23N3O3S. The van der Waals surface area contributed by atoms with Gasteiger partial charge in [-0.1, -0.05) is 32.0 Å². The lowest BCUT2D eigenvalue weighted by Crippen LogP contribution is -2.36. The Morgan fingerprint density at radius 3 is 2.96 bits per heavy atom. The molecular weight excluding hydrogens is 350 g/mol. The lowest BCUT2D eigenvalue weighted by molar-refractivity contribution is -0.118. The molecule has 0 spiro atoms. The number of benzene rings is 1. The van der Waals surface area contributed by atoms with Crippen LogP contribution < -0.4 is 10.2 Å². The number of para-hydroxylation sites is 1. The van der Waals surface area contributed by atoms with Gasteiger partial charge in [-0.3, -0.25) is 10.1 Å². The standard InChI is InChI=1S/C19H23N3O3S/c1-13(2)11-25-19(24)21-18-20-15(12-26-18)10-17(23)22-9-5-7-14-6-3-4-8-16(14)22/h3-4,6,8,12-13H,5,7,9-11H2,1-2H3,(H,20,21,24). The highest BCUT2D eigenvalue weighted by molar-refractivity contribution is 7.13. The van der Waals surface area contributed by atoms with E-state index in [9.17, 15) is 9.59 Å². The van der Waals surface area contributed by atoms with Gasteiger partial charge in [-0.2, -0.15) is 0 Å². The number of rotatable bonds is 5. The number of ether oxygens (including phenoxy) is 1. The van der Waals surface area contributed by atoms with E-state index >= 15 is 0 Å². The van der Waals surface area contributed by atoms with Crippen molar-refractivity contribution in [3.63, 3.8) is 0 Å². The molecule has 138 valence electrons. The minimum atomic E-state index is -0.518. The van der Waals surface area contributed by atoms with Gasteiger partial charge < -0.3 is 9.64 Å². The van der Waals surface area contributed by atoms with Gasteiger partial charge in [-0.15, -0.1) is 11.3 Å². The highest BCUT2D eigenvalue weighted by Gasteiger charge is 2.23. The summed E-state index contributed by atoms with van der Waals surface area (Å²) in [6.45, 7) is 5.03. The van der Waals surface area contributed by atoms with Crippen molar-refractivity contribution in [2.75, 3.05) is 23.4 Å². The summed E-state index contributed by atoms with van der Waals surface area (Å²) in [4.78, 5) is 30.6. The molecule has 1 aliphatic heterocycles. The van der Waals surface area contributed by atoms with Gasteiger partial charge in [-0.25, -0.2) is 9.78 Å². The molecule has 0 radical (unpaired) electrons. The molecule has 0 saturated heterocycles. The summed E-state index contributed by atoms with van der Waals surface area (Å²) in [5, 5.41) is 4.85. The molecule has 0 bridgehead atoms. The van der Waals surface area contributed by atoms with E-state index in [0.717, 1.165) is 25.1 Å². The molecule has 0 fully saturated rings. The lowest BCUT2D eigenvalue weighted by Gasteiger charge is -2.29. The normalized spacial score (nSPS) is 13.4. The second-order valence-electron chi connectivity index (χ2n) is 6.72. The van der Waals surface area contributed by atoms with Gasteiger partial charge in [0, 0.05) is 17.6 Å². The molecule has 1 aromatic carbocycles. The van der Waals surface area contributed by atoms with Crippen molar-refractivity contribution < 1.29 is 14.3 Å². The Labute approximate surface area is 157 Å². The molecule has 7 heteroatoms. The first kappa shape index (κ1) is 18.4. The van der Waals surface area contributed by atoms with Crippen molar-refractivity contribution in [3.05, 3.63) is 40.9 Å². The molecule has 0 atom stereocenters. The molecule has 2 heterocycles. The van der Waals surface area contributed by atoms with Crippen molar-refractivity contribution in [3.8, 4) is 0 Å². The molecule has 1 N–H and O–H groups in total. The fourth-order valence-corrected chi connectivity index (χ4v) is 3.55. The second kappa shape index (κ2) is 8.31. The van der Waals surface area contributed by atoms with Crippen LogP contribution in [0.15, 0.2) is 29.6 Å². The molecule has 0 saturated carbocycles. The van der Waals surface area contributed by atoms with Crippen LogP contribution >= 0.6 is 11.3 Å². The number of fused-ring (bicyclic) bond motifs is 1. The maximum atomic E-state index is 12.7. The summed E-state index contributed by atoms with van der Waals surface area (Å²) in [5.74, 6) is 0.300. The minimum absolute atomic E-state index is 0.0244. The predicted octanol–water partition coefficient (Wildman–Crippen LogP) is 3.87. The predicted molar refractivity (Wildman–Crippen MR) is 103 cm³/mol. The average Bonchev–Trinajstić information content (AvgIpc) is 3.06. The minimum Gasteiger partial charge on any atom is -0.449 e. The molecule has 1 aromatic heterocycles. The number of thiazole rings is 1. The average molecular weight is 373 g/mol. The van der Waals surface area contributed by atoms with Crippen LogP contribution in [0.4, 0.5) is 15.6 Å². The SMILES string of the molecule is CC(C)COC(=O)Nc1nc(CC(=O)N2CCCc3ccccc32)cs1. The third kappa shape index (κ3) is 4.60. The summed E-state index contributed by atoms with van der Waals surface area (Å²) in [5.41, 5.74) is 2.86. The highest BCUT2D eigenvalue weighted by atomic mass is 32.1. The number of carbonyl (C=O) groups excluding carboxylic acids is 2. The van der Waals surface area contributed by atoms with E-state index in [4.69, 9.17) is 4.74 Å². The topological polar surface area (TPSA) is 71.5 Å². The first-order valence-electron chi connectivity index (χ1n) is 8.79. The molecule has 1 aliphatic rings. The van der Waals surface area contributed by atoms with E-state index < -0.39 is 6.09 Å². The van der Waals surface area contributed by atoms with Gasteiger partial charge in [0.2, 0.25) is 5.91 Å². The van der Waals surface area contributed by atoms with Crippen molar-refractivity contribution >= 4 is 34.2 Å². The Hall–Kier alpha value is -2.41. The first-order valence-corrected chi connectivity index (χ1v) is 9.67. The summed E-state index contributed by atoms with van der Waals surface area (Å²) in [6, 6.07) is 8.02. The van der Waals surface area contributed by atoms with E-state index in [2.05, 4.69) is 16.4 Å². The number of nitrogens with zero attached hydrogens (tertiary/aromatic N) is 2. The monoisotopic (exact) mass is 373 g/mol. The number of nitrogens with one attached hydrogen (secondary N) is 1. The number of aromatic nitrogens is 1. The maximum Gasteiger partial charge on any atom is 0.413 e. The number of amides is 2. The molecule has 26 heavy (non-hydrogen) atoms. The number of hydrogen-bond donors (Lipinski definition) is 1. The van der Waals surface area contributed by atoms with Crippen LogP contribution in [0.3, 0.4) is 0 Å². The lowest BCUT2D eigenvalue weighted by atomic mass is 10.0. The fraction of sp³-hybridized carbons (Fsp3) is 0.421. The van der Waals surface area contributed by atoms with Crippen molar-refractivity contribution in [1.82, 2.24) is 4.98 Å². The van der Waals surface area contributed by atoms with E-state index in [1.165, 1.54) is 16.9 Å². The van der Waals surface area contributed by atoms with Crippen LogP contribution in [-0.4, -0.2) is 30.1 Å². The highest BCUT2D eigenvalue weighted by Crippen LogP contribution is 2.27. The van der Waals surface area contributed by atoms with E-state index in [1.54, 1.807) is 5.38 Å². The number of carbonyl (C=O) groups is 2. The van der Waals surface area contributed by atoms with Gasteiger partial charge in [-0.05, 0) is 30.4 Å². The summed E-state index contributed by atoms with van der Waals surface area (Å²) in [7, 11) is 0. The zero-order valence-corrected chi connectivity index (χ0v) is 15.8. The van der Waals surface area contributed by atoms with Gasteiger partial charge >= 0.3 is 6.09 Å². The first-order chi connectivity index (χ1) is 12.5. The smallest absolute Gasteiger partial charge is 0.413 e. The summed E-state index contributed by atoms with van der Waals surface area (Å²) < 4.78 is 5.07. The van der Waals surface area contributed by atoms with Gasteiger partial charge in [0.1, 0.15) is 0 Å². The van der Waals surface area contributed by atoms with Crippen molar-refractivity contribution in [2.24, 2.45) is 5.92 Å². The Morgan fingerprint density at radius 1 is 1.35 bits per heavy atom. The zero-order chi connectivity index (χ0) is 18.5. The number of aryl methyl sites for hydroxylation is 1. The third-order valence-electron chi connectivity index (χ3n) is 4.05. The quantitative estimate of drug-likeness (QED) is 0.864. The Kier molecular flexibility index (Phi) is 5.88. The fourth-order valence-electron chi connectivity index (χ4n) is 2.85. The molecule has 3 rings (SSSR count). The van der Waals surface area contributed by atoms with Crippen LogP contribution in [0.25, 0.3) is 0 Å². The number of anilines is 2. The van der Waals surface area contributed by atoms with Crippen LogP contribution in [-0.2, 0) is 22.4 Å². The third-order valence-corrected chi connectivity index (χ3v) is 4.86. The number of hydrogen-bond acceptors (Lipinski definition) is 5. The van der Waals surface area contributed by atoms with Gasteiger partial charge in [0.15, 0.2) is 5.13 Å². The van der Waals surface area contributed by atoms with E-state index in [1.807, 2.05) is 36.9 Å². The van der Waals surface area contributed by atoms with Crippen molar-refractivity contribution in [2.45, 2.75) is 33.1 Å². The Bertz CT molecular complexity index is 788. The van der Waals surface area contributed by atoms with E-state index in [0.29, 0.717) is 17.4 Å². The van der Waals surface area contributed by atoms with Gasteiger partial charge in [0.05, 0.1) is 18.7 Å². The molecule has 0 aliphatic carbocycles.